The molecule has 0 spiro atoms. The molecule has 2 rings (SSSR count). The Balaban J connectivity index is 2.15. The predicted molar refractivity (Wildman–Crippen MR) is 74.9 cm³/mol. The predicted octanol–water partition coefficient (Wildman–Crippen LogP) is 2.97. The minimum absolute atomic E-state index is 0.192. The Hall–Kier alpha value is -2.23. The lowest BCUT2D eigenvalue weighted by atomic mass is 10.1. The van der Waals surface area contributed by atoms with Gasteiger partial charge in [0.2, 0.25) is 0 Å². The molecule has 0 saturated heterocycles. The summed E-state index contributed by atoms with van der Waals surface area (Å²) in [5, 5.41) is 2.88. The SMILES string of the molecule is Cc1ccc(C(C)NC(=O)c2cccc(C)c2N)o1. The van der Waals surface area contributed by atoms with Crippen LogP contribution >= 0.6 is 0 Å². The van der Waals surface area contributed by atoms with Gasteiger partial charge < -0.3 is 15.5 Å². The summed E-state index contributed by atoms with van der Waals surface area (Å²) in [6.07, 6.45) is 0. The standard InChI is InChI=1S/C15H18N2O2/c1-9-5-4-6-12(14(9)16)15(18)17-11(3)13-8-7-10(2)19-13/h4-8,11H,16H2,1-3H3,(H,17,18). The Kier molecular flexibility index (Phi) is 3.60. The number of hydrogen-bond donors (Lipinski definition) is 2. The summed E-state index contributed by atoms with van der Waals surface area (Å²) in [6.45, 7) is 5.63. The van der Waals surface area contributed by atoms with E-state index in [4.69, 9.17) is 10.2 Å². The second-order valence-electron chi connectivity index (χ2n) is 4.68. The molecule has 0 aliphatic heterocycles. The van der Waals surface area contributed by atoms with E-state index >= 15 is 0 Å². The van der Waals surface area contributed by atoms with Crippen molar-refractivity contribution in [2.45, 2.75) is 26.8 Å². The number of aryl methyl sites for hydroxylation is 2. The van der Waals surface area contributed by atoms with E-state index in [0.717, 1.165) is 17.1 Å². The normalized spacial score (nSPS) is 12.2. The van der Waals surface area contributed by atoms with E-state index in [1.807, 2.05) is 45.0 Å². The number of benzene rings is 1. The minimum atomic E-state index is -0.193. The van der Waals surface area contributed by atoms with Crippen molar-refractivity contribution in [1.29, 1.82) is 0 Å². The molecule has 0 saturated carbocycles. The third kappa shape index (κ3) is 2.78. The number of nitrogens with one attached hydrogen (secondary N) is 1. The van der Waals surface area contributed by atoms with Crippen LogP contribution in [0.25, 0.3) is 0 Å². The second kappa shape index (κ2) is 5.18. The summed E-state index contributed by atoms with van der Waals surface area (Å²) in [5.74, 6) is 1.37. The van der Waals surface area contributed by atoms with E-state index in [0.29, 0.717) is 11.3 Å². The van der Waals surface area contributed by atoms with E-state index in [2.05, 4.69) is 5.32 Å². The molecular weight excluding hydrogens is 240 g/mol. The lowest BCUT2D eigenvalue weighted by Crippen LogP contribution is -2.27. The van der Waals surface area contributed by atoms with Crippen molar-refractivity contribution in [2.24, 2.45) is 0 Å². The monoisotopic (exact) mass is 258 g/mol. The summed E-state index contributed by atoms with van der Waals surface area (Å²) in [6, 6.07) is 8.96. The summed E-state index contributed by atoms with van der Waals surface area (Å²) in [7, 11) is 0. The first-order chi connectivity index (χ1) is 8.99. The molecule has 1 unspecified atom stereocenters. The number of para-hydroxylation sites is 1. The van der Waals surface area contributed by atoms with Crippen LogP contribution in [-0.2, 0) is 0 Å². The molecule has 1 aromatic heterocycles. The Morgan fingerprint density at radius 2 is 2.00 bits per heavy atom. The highest BCUT2D eigenvalue weighted by molar-refractivity contribution is 5.99. The van der Waals surface area contributed by atoms with Gasteiger partial charge in [0.25, 0.3) is 5.91 Å². The fraction of sp³-hybridized carbons (Fsp3) is 0.267. The van der Waals surface area contributed by atoms with Crippen molar-refractivity contribution < 1.29 is 9.21 Å². The third-order valence-electron chi connectivity index (χ3n) is 3.10. The van der Waals surface area contributed by atoms with Crippen molar-refractivity contribution in [3.05, 3.63) is 53.0 Å². The maximum atomic E-state index is 12.2. The first kappa shape index (κ1) is 13.2. The number of anilines is 1. The van der Waals surface area contributed by atoms with Gasteiger partial charge in [-0.05, 0) is 44.5 Å². The van der Waals surface area contributed by atoms with Gasteiger partial charge in [-0.3, -0.25) is 4.79 Å². The molecule has 0 radical (unpaired) electrons. The number of furan rings is 1. The third-order valence-corrected chi connectivity index (χ3v) is 3.10. The number of hydrogen-bond acceptors (Lipinski definition) is 3. The molecule has 2 aromatic rings. The van der Waals surface area contributed by atoms with Gasteiger partial charge in [-0.25, -0.2) is 0 Å². The molecule has 4 heteroatoms. The van der Waals surface area contributed by atoms with Crippen LogP contribution in [0.1, 0.15) is 40.4 Å². The quantitative estimate of drug-likeness (QED) is 0.832. The van der Waals surface area contributed by atoms with E-state index in [1.165, 1.54) is 0 Å². The zero-order valence-electron chi connectivity index (χ0n) is 11.4. The van der Waals surface area contributed by atoms with Crippen LogP contribution < -0.4 is 11.1 Å². The number of nitrogens with two attached hydrogens (primary N) is 1. The van der Waals surface area contributed by atoms with Crippen LogP contribution in [0.3, 0.4) is 0 Å². The molecule has 100 valence electrons. The Bertz CT molecular complexity index is 602. The van der Waals surface area contributed by atoms with E-state index in [1.54, 1.807) is 6.07 Å². The number of carbonyl (C=O) groups excluding carboxylic acids is 1. The molecule has 0 aliphatic carbocycles. The van der Waals surface area contributed by atoms with Crippen LogP contribution in [0.2, 0.25) is 0 Å². The highest BCUT2D eigenvalue weighted by atomic mass is 16.3. The van der Waals surface area contributed by atoms with Gasteiger partial charge in [0, 0.05) is 5.69 Å². The van der Waals surface area contributed by atoms with Crippen molar-refractivity contribution >= 4 is 11.6 Å². The largest absolute Gasteiger partial charge is 0.464 e. The molecule has 0 fully saturated rings. The van der Waals surface area contributed by atoms with Crippen LogP contribution in [0.4, 0.5) is 5.69 Å². The highest BCUT2D eigenvalue weighted by Gasteiger charge is 2.16. The Morgan fingerprint density at radius 3 is 2.63 bits per heavy atom. The maximum absolute atomic E-state index is 12.2. The average Bonchev–Trinajstić information content (AvgIpc) is 2.79. The molecular formula is C15H18N2O2. The second-order valence-corrected chi connectivity index (χ2v) is 4.68. The average molecular weight is 258 g/mol. The number of amides is 1. The zero-order chi connectivity index (χ0) is 14.0. The smallest absolute Gasteiger partial charge is 0.253 e. The summed E-state index contributed by atoms with van der Waals surface area (Å²) >= 11 is 0. The maximum Gasteiger partial charge on any atom is 0.253 e. The zero-order valence-corrected chi connectivity index (χ0v) is 11.4. The summed E-state index contributed by atoms with van der Waals surface area (Å²) < 4.78 is 5.49. The molecule has 1 atom stereocenters. The number of rotatable bonds is 3. The molecule has 0 aliphatic rings. The highest BCUT2D eigenvalue weighted by Crippen LogP contribution is 2.19. The first-order valence-electron chi connectivity index (χ1n) is 6.21. The molecule has 1 aromatic carbocycles. The number of nitrogen functional groups attached to an aromatic ring is 1. The molecule has 1 heterocycles. The van der Waals surface area contributed by atoms with Crippen molar-refractivity contribution in [1.82, 2.24) is 5.32 Å². The van der Waals surface area contributed by atoms with Gasteiger partial charge in [0.05, 0.1) is 11.6 Å². The van der Waals surface area contributed by atoms with Crippen LogP contribution in [-0.4, -0.2) is 5.91 Å². The van der Waals surface area contributed by atoms with Gasteiger partial charge in [-0.1, -0.05) is 12.1 Å². The number of carbonyl (C=O) groups is 1. The Labute approximate surface area is 112 Å². The molecule has 3 N–H and O–H groups in total. The van der Waals surface area contributed by atoms with Gasteiger partial charge in [-0.2, -0.15) is 0 Å². The lowest BCUT2D eigenvalue weighted by Gasteiger charge is -2.13. The van der Waals surface area contributed by atoms with Crippen LogP contribution in [0.5, 0.6) is 0 Å². The summed E-state index contributed by atoms with van der Waals surface area (Å²) in [5.41, 5.74) is 7.83. The lowest BCUT2D eigenvalue weighted by molar-refractivity contribution is 0.0936. The van der Waals surface area contributed by atoms with Crippen LogP contribution in [0.15, 0.2) is 34.7 Å². The van der Waals surface area contributed by atoms with Gasteiger partial charge >= 0.3 is 0 Å². The fourth-order valence-electron chi connectivity index (χ4n) is 1.91. The van der Waals surface area contributed by atoms with Crippen molar-refractivity contribution in [3.8, 4) is 0 Å². The molecule has 19 heavy (non-hydrogen) atoms. The van der Waals surface area contributed by atoms with Crippen molar-refractivity contribution in [3.63, 3.8) is 0 Å². The van der Waals surface area contributed by atoms with Crippen LogP contribution in [0, 0.1) is 13.8 Å². The topological polar surface area (TPSA) is 68.3 Å². The van der Waals surface area contributed by atoms with Gasteiger partial charge in [-0.15, -0.1) is 0 Å². The molecule has 0 bridgehead atoms. The fourth-order valence-corrected chi connectivity index (χ4v) is 1.91. The van der Waals surface area contributed by atoms with E-state index < -0.39 is 0 Å². The Morgan fingerprint density at radius 1 is 1.26 bits per heavy atom. The van der Waals surface area contributed by atoms with Gasteiger partial charge in [0.15, 0.2) is 0 Å². The minimum Gasteiger partial charge on any atom is -0.464 e. The molecule has 4 nitrogen and oxygen atoms in total. The van der Waals surface area contributed by atoms with Crippen molar-refractivity contribution in [2.75, 3.05) is 5.73 Å². The van der Waals surface area contributed by atoms with Gasteiger partial charge in [0.1, 0.15) is 11.5 Å². The first-order valence-corrected chi connectivity index (χ1v) is 6.21. The molecule has 1 amide bonds. The summed E-state index contributed by atoms with van der Waals surface area (Å²) in [4.78, 5) is 12.2. The van der Waals surface area contributed by atoms with E-state index in [-0.39, 0.29) is 11.9 Å². The van der Waals surface area contributed by atoms with E-state index in [9.17, 15) is 4.79 Å².